The Morgan fingerprint density at radius 2 is 0.179 bits per heavy atom. The summed E-state index contributed by atoms with van der Waals surface area (Å²) < 4.78 is 0. The molecule has 0 aromatic rings. The smallest absolute Gasteiger partial charge is 0.894 e. The first-order valence-electron chi connectivity index (χ1n) is 3.27. The van der Waals surface area contributed by atoms with Crippen LogP contribution in [0, 0.1) is 0 Å². The normalized spacial score (nSPS) is 8.57. The van der Waals surface area contributed by atoms with Crippen molar-refractivity contribution >= 4 is 221 Å². The van der Waals surface area contributed by atoms with Crippen LogP contribution in [0.4, 0.5) is 0 Å². The van der Waals surface area contributed by atoms with E-state index in [4.69, 9.17) is 76.7 Å². The topological polar surface area (TPSA) is 369 Å². The fraction of sp³-hybridized carbons (Fsp3) is 0. The van der Waals surface area contributed by atoms with Crippen molar-refractivity contribution in [3.05, 3.63) is 0 Å². The van der Waals surface area contributed by atoms with E-state index in [1.54, 1.807) is 0 Å². The largest absolute Gasteiger partial charge is 2.00 e. The Morgan fingerprint density at radius 3 is 0.179 bits per heavy atom. The molecule has 0 aliphatic heterocycles. The Bertz CT molecular complexity index is 149. The first-order valence-corrected chi connectivity index (χ1v) is 9.80. The average molecular weight is 563 g/mol. The number of rotatable bonds is 0. The molecule has 0 fully saturated rings. The predicted octanol–water partition coefficient (Wildman–Crippen LogP) is -23.6. The summed E-state index contributed by atoms with van der Waals surface area (Å²) in [6.07, 6.45) is 0. The zero-order valence-electron chi connectivity index (χ0n) is 14.2. The van der Waals surface area contributed by atoms with Gasteiger partial charge in [0.25, 0.3) is 0 Å². The quantitative estimate of drug-likeness (QED) is 0.247. The van der Waals surface area contributed by atoms with E-state index in [0.717, 1.165) is 0 Å². The Balaban J connectivity index is -0.0000000111. The molecule has 0 aliphatic rings. The zero-order valence-corrected chi connectivity index (χ0v) is 29.5. The van der Waals surface area contributed by atoms with Crippen LogP contribution in [0.25, 0.3) is 0 Å². The van der Waals surface area contributed by atoms with Crippen LogP contribution in [0.5, 0.6) is 0 Å². The second-order valence-electron chi connectivity index (χ2n) is 2.00. The monoisotopic (exact) mass is 560 g/mol. The summed E-state index contributed by atoms with van der Waals surface area (Å²) in [5, 5.41) is 0. The van der Waals surface area contributed by atoms with Gasteiger partial charge in [-0.1, -0.05) is 0 Å². The molecule has 0 aromatic heterocycles. The van der Waals surface area contributed by atoms with E-state index in [0.29, 0.717) is 0 Å². The Hall–Kier alpha value is 6.36. The second-order valence-corrected chi connectivity index (χ2v) is 6.00. The van der Waals surface area contributed by atoms with Crippen LogP contribution in [0.3, 0.4) is 0 Å². The third-order valence-electron chi connectivity index (χ3n) is 0. The van der Waals surface area contributed by atoms with Gasteiger partial charge in [0.05, 0.1) is 0 Å². The SMILES string of the molecule is [Mg+2].[Mg+2].[Mg+2].[Mg+2].[Mg+2].[Mg+2].[Mg+2].[Mg+2].[O-][Si]([O-])([O-])[O-].[O-][Si]([O-])([O-])[O-].[O-][Si]([O-])([O-])[O-].[O-][Si]([O-])([O-])[O-]. The molecule has 0 heterocycles. The molecule has 0 aromatic carbocycles. The fourth-order valence-electron chi connectivity index (χ4n) is 0. The molecule has 28 heteroatoms. The van der Waals surface area contributed by atoms with Crippen molar-refractivity contribution in [1.29, 1.82) is 0 Å². The third-order valence-corrected chi connectivity index (χ3v) is 0. The molecular formula is Mg8O16Si4. The van der Waals surface area contributed by atoms with Gasteiger partial charge in [-0.3, -0.25) is 0 Å². The molecule has 0 aliphatic carbocycles. The van der Waals surface area contributed by atoms with E-state index in [1.165, 1.54) is 0 Å². The van der Waals surface area contributed by atoms with Gasteiger partial charge in [-0.2, -0.15) is 0 Å². The van der Waals surface area contributed by atoms with Gasteiger partial charge < -0.3 is 113 Å². The molecule has 0 N–H and O–H groups in total. The van der Waals surface area contributed by atoms with E-state index in [1.807, 2.05) is 0 Å². The molecule has 0 unspecified atom stereocenters. The summed E-state index contributed by atoms with van der Waals surface area (Å²) in [5.41, 5.74) is 0. The van der Waals surface area contributed by atoms with Gasteiger partial charge >= 0.3 is 184 Å². The van der Waals surface area contributed by atoms with Crippen LogP contribution in [-0.2, 0) is 0 Å². The molecule has 0 spiro atoms. The van der Waals surface area contributed by atoms with E-state index >= 15 is 0 Å². The van der Waals surface area contributed by atoms with Crippen LogP contribution in [0.15, 0.2) is 0 Å². The zero-order chi connectivity index (χ0) is 18.0. The molecule has 128 valence electrons. The van der Waals surface area contributed by atoms with E-state index in [2.05, 4.69) is 0 Å². The van der Waals surface area contributed by atoms with Crippen molar-refractivity contribution in [3.8, 4) is 0 Å². The van der Waals surface area contributed by atoms with Crippen molar-refractivity contribution in [1.82, 2.24) is 0 Å². The van der Waals surface area contributed by atoms with Gasteiger partial charge in [0.2, 0.25) is 0 Å². The van der Waals surface area contributed by atoms with Crippen LogP contribution in [0.1, 0.15) is 0 Å². The van der Waals surface area contributed by atoms with E-state index in [9.17, 15) is 0 Å². The Morgan fingerprint density at radius 1 is 0.179 bits per heavy atom. The first-order chi connectivity index (χ1) is 8.00. The van der Waals surface area contributed by atoms with Gasteiger partial charge in [0, 0.05) is 0 Å². The summed E-state index contributed by atoms with van der Waals surface area (Å²) in [6.45, 7) is 0. The molecule has 0 amide bonds. The van der Waals surface area contributed by atoms with Crippen molar-refractivity contribution in [2.45, 2.75) is 0 Å². The maximum atomic E-state index is 8.58. The van der Waals surface area contributed by atoms with E-state index in [-0.39, 0.29) is 184 Å². The van der Waals surface area contributed by atoms with E-state index < -0.39 is 36.2 Å². The molecule has 0 bridgehead atoms. The number of hydrogen-bond acceptors (Lipinski definition) is 16. The first kappa shape index (κ1) is 76.5. The van der Waals surface area contributed by atoms with Crippen molar-refractivity contribution in [2.24, 2.45) is 0 Å². The van der Waals surface area contributed by atoms with Crippen LogP contribution in [0.2, 0.25) is 0 Å². The van der Waals surface area contributed by atoms with Crippen LogP contribution >= 0.6 is 0 Å². The van der Waals surface area contributed by atoms with Crippen molar-refractivity contribution < 1.29 is 76.7 Å². The van der Waals surface area contributed by atoms with Crippen LogP contribution < -0.4 is 76.7 Å². The maximum Gasteiger partial charge on any atom is 2.00 e. The summed E-state index contributed by atoms with van der Waals surface area (Å²) in [4.78, 5) is 137. The number of hydrogen-bond donors (Lipinski definition) is 0. The minimum Gasteiger partial charge on any atom is -0.894 e. The van der Waals surface area contributed by atoms with Crippen molar-refractivity contribution in [2.75, 3.05) is 0 Å². The van der Waals surface area contributed by atoms with Crippen molar-refractivity contribution in [3.63, 3.8) is 0 Å². The Kier molecular flexibility index (Phi) is 104. The predicted molar refractivity (Wildman–Crippen MR) is 69.0 cm³/mol. The summed E-state index contributed by atoms with van der Waals surface area (Å²) in [6, 6.07) is 0. The molecule has 16 nitrogen and oxygen atoms in total. The van der Waals surface area contributed by atoms with Gasteiger partial charge in [-0.05, 0) is 0 Å². The second kappa shape index (κ2) is 37.9. The minimum atomic E-state index is -5.61. The molecule has 0 radical (unpaired) electrons. The van der Waals surface area contributed by atoms with Gasteiger partial charge in [0.15, 0.2) is 0 Å². The van der Waals surface area contributed by atoms with Gasteiger partial charge in [-0.25, -0.2) is 0 Å². The molecular weight excluding hydrogens is 563 g/mol. The molecule has 0 rings (SSSR count). The minimum absolute atomic E-state index is 0. The molecule has 28 heavy (non-hydrogen) atoms. The molecule has 0 saturated heterocycles. The van der Waals surface area contributed by atoms with Crippen LogP contribution in [-0.4, -0.2) is 221 Å². The summed E-state index contributed by atoms with van der Waals surface area (Å²) >= 11 is 0. The van der Waals surface area contributed by atoms with Gasteiger partial charge in [0.1, 0.15) is 0 Å². The molecule has 0 atom stereocenters. The summed E-state index contributed by atoms with van der Waals surface area (Å²) in [7, 11) is -22.4. The summed E-state index contributed by atoms with van der Waals surface area (Å²) in [5.74, 6) is 0. The van der Waals surface area contributed by atoms with Gasteiger partial charge in [-0.15, -0.1) is 0 Å². The third kappa shape index (κ3) is 787. The molecule has 0 saturated carbocycles. The fourth-order valence-corrected chi connectivity index (χ4v) is 0. The average Bonchev–Trinajstić information content (AvgIpc) is 1.62. The maximum absolute atomic E-state index is 8.58. The standard InChI is InChI=1S/8Mg.4O4Si/c;;;;;;;;4*1-5(2,3)4/q8*+2;4*-4. The Labute approximate surface area is 292 Å².